The molecule has 30 heavy (non-hydrogen) atoms. The molecule has 2 aromatic rings. The molecule has 0 aliphatic carbocycles. The van der Waals surface area contributed by atoms with Gasteiger partial charge in [0.25, 0.3) is 5.56 Å². The van der Waals surface area contributed by atoms with Crippen LogP contribution in [0.3, 0.4) is 0 Å². The highest BCUT2D eigenvalue weighted by Crippen LogP contribution is 2.25. The number of nitrogens with zero attached hydrogens (tertiary/aromatic N) is 6. The molecule has 0 bridgehead atoms. The highest BCUT2D eigenvalue weighted by molar-refractivity contribution is 5.77. The standard InChI is InChI=1S/C17H16F3N7O3/c1-3-4-6-27-12-13(23-10(8-21)25(2)14(12)28)24-16(27)26-7-5-22-9-11(26)30-15(29)17(18,19)20/h11,22H,5-7,9H2,1-2H3. The quantitative estimate of drug-likeness (QED) is 0.536. The van der Waals surface area contributed by atoms with Crippen LogP contribution >= 0.6 is 0 Å². The van der Waals surface area contributed by atoms with Crippen LogP contribution in [0.2, 0.25) is 0 Å². The Morgan fingerprint density at radius 1 is 1.40 bits per heavy atom. The Labute approximate surface area is 167 Å². The lowest BCUT2D eigenvalue weighted by Gasteiger charge is -2.36. The molecular weight excluding hydrogens is 407 g/mol. The fraction of sp³-hybridized carbons (Fsp3) is 0.471. The molecule has 0 saturated carbocycles. The molecule has 3 heterocycles. The normalized spacial score (nSPS) is 16.7. The Morgan fingerprint density at radius 3 is 2.77 bits per heavy atom. The zero-order valence-electron chi connectivity index (χ0n) is 15.9. The number of halogens is 3. The summed E-state index contributed by atoms with van der Waals surface area (Å²) in [7, 11) is 1.37. The van der Waals surface area contributed by atoms with Gasteiger partial charge in [-0.1, -0.05) is 5.92 Å². The van der Waals surface area contributed by atoms with E-state index in [1.54, 1.807) is 13.0 Å². The number of anilines is 1. The third kappa shape index (κ3) is 3.79. The number of carbonyl (C=O) groups excluding carboxylic acids is 1. The second-order valence-electron chi connectivity index (χ2n) is 6.26. The van der Waals surface area contributed by atoms with Crippen molar-refractivity contribution < 1.29 is 22.7 Å². The van der Waals surface area contributed by atoms with Crippen LogP contribution in [0.15, 0.2) is 4.79 Å². The maximum atomic E-state index is 12.8. The van der Waals surface area contributed by atoms with Crippen LogP contribution in [0, 0.1) is 23.2 Å². The molecular formula is C17H16F3N7O3. The predicted molar refractivity (Wildman–Crippen MR) is 97.1 cm³/mol. The predicted octanol–water partition coefficient (Wildman–Crippen LogP) is -0.134. The number of carbonyl (C=O) groups is 1. The molecule has 1 unspecified atom stereocenters. The van der Waals surface area contributed by atoms with E-state index in [0.717, 1.165) is 4.57 Å². The minimum Gasteiger partial charge on any atom is -0.433 e. The van der Waals surface area contributed by atoms with Gasteiger partial charge in [0.1, 0.15) is 6.07 Å². The van der Waals surface area contributed by atoms with Gasteiger partial charge in [0.05, 0.1) is 13.1 Å². The molecule has 10 nitrogen and oxygen atoms in total. The Kier molecular flexibility index (Phi) is 5.67. The van der Waals surface area contributed by atoms with E-state index in [0.29, 0.717) is 6.54 Å². The Morgan fingerprint density at radius 2 is 2.13 bits per heavy atom. The summed E-state index contributed by atoms with van der Waals surface area (Å²) in [5, 5.41) is 12.0. The molecule has 1 aliphatic heterocycles. The fourth-order valence-corrected chi connectivity index (χ4v) is 2.98. The average Bonchev–Trinajstić information content (AvgIpc) is 3.07. The Balaban J connectivity index is 2.15. The maximum absolute atomic E-state index is 12.8. The van der Waals surface area contributed by atoms with Crippen molar-refractivity contribution in [2.24, 2.45) is 7.05 Å². The van der Waals surface area contributed by atoms with Gasteiger partial charge in [-0.05, 0) is 6.92 Å². The summed E-state index contributed by atoms with van der Waals surface area (Å²) in [6.45, 7) is 2.01. The summed E-state index contributed by atoms with van der Waals surface area (Å²) in [5.41, 5.74) is -0.581. The number of nitrogens with one attached hydrogen (secondary N) is 1. The van der Waals surface area contributed by atoms with E-state index < -0.39 is 23.9 Å². The average molecular weight is 423 g/mol. The molecule has 158 valence electrons. The van der Waals surface area contributed by atoms with Crippen LogP contribution < -0.4 is 15.8 Å². The first-order valence-electron chi connectivity index (χ1n) is 8.71. The van der Waals surface area contributed by atoms with Gasteiger partial charge in [-0.25, -0.2) is 4.79 Å². The van der Waals surface area contributed by atoms with E-state index in [1.807, 2.05) is 0 Å². The number of esters is 1. The first-order valence-corrected chi connectivity index (χ1v) is 8.71. The van der Waals surface area contributed by atoms with Crippen LogP contribution in [0.4, 0.5) is 19.1 Å². The Hall–Kier alpha value is -3.58. The van der Waals surface area contributed by atoms with Crippen molar-refractivity contribution in [3.8, 4) is 17.9 Å². The first-order chi connectivity index (χ1) is 14.2. The third-order valence-corrected chi connectivity index (χ3v) is 4.41. The second-order valence-corrected chi connectivity index (χ2v) is 6.26. The number of hydrogen-bond acceptors (Lipinski definition) is 8. The SMILES string of the molecule is CC#CCn1c(N2CCNCC2OC(=O)C(F)(F)F)nc2nc(C#N)n(C)c(=O)c21. The molecule has 1 N–H and O–H groups in total. The number of ether oxygens (including phenoxy) is 1. The highest BCUT2D eigenvalue weighted by Gasteiger charge is 2.44. The molecule has 0 aromatic carbocycles. The van der Waals surface area contributed by atoms with E-state index in [2.05, 4.69) is 31.9 Å². The van der Waals surface area contributed by atoms with Crippen LogP contribution in [0.25, 0.3) is 11.2 Å². The molecule has 0 amide bonds. The summed E-state index contributed by atoms with van der Waals surface area (Å²) in [5.74, 6) is 3.01. The molecule has 1 fully saturated rings. The zero-order chi connectivity index (χ0) is 22.1. The van der Waals surface area contributed by atoms with Crippen LogP contribution in [-0.2, 0) is 23.1 Å². The largest absolute Gasteiger partial charge is 0.491 e. The third-order valence-electron chi connectivity index (χ3n) is 4.41. The van der Waals surface area contributed by atoms with Crippen LogP contribution in [0.1, 0.15) is 12.7 Å². The number of imidazole rings is 1. The molecule has 0 spiro atoms. The van der Waals surface area contributed by atoms with Gasteiger partial charge in [-0.15, -0.1) is 5.92 Å². The van der Waals surface area contributed by atoms with E-state index in [9.17, 15) is 28.0 Å². The lowest BCUT2D eigenvalue weighted by atomic mass is 10.3. The number of hydrogen-bond donors (Lipinski definition) is 1. The molecule has 1 saturated heterocycles. The summed E-state index contributed by atoms with van der Waals surface area (Å²) >= 11 is 0. The van der Waals surface area contributed by atoms with Crippen molar-refractivity contribution in [2.45, 2.75) is 25.9 Å². The maximum Gasteiger partial charge on any atom is 0.491 e. The number of alkyl halides is 3. The molecule has 13 heteroatoms. The van der Waals surface area contributed by atoms with E-state index in [-0.39, 0.29) is 42.6 Å². The van der Waals surface area contributed by atoms with Crippen molar-refractivity contribution in [3.63, 3.8) is 0 Å². The topological polar surface area (TPSA) is 118 Å². The van der Waals surface area contributed by atoms with E-state index in [4.69, 9.17) is 0 Å². The lowest BCUT2D eigenvalue weighted by Crippen LogP contribution is -2.55. The fourth-order valence-electron chi connectivity index (χ4n) is 2.98. The number of fused-ring (bicyclic) bond motifs is 1. The van der Waals surface area contributed by atoms with Gasteiger partial charge >= 0.3 is 12.1 Å². The van der Waals surface area contributed by atoms with Crippen molar-refractivity contribution in [1.82, 2.24) is 24.4 Å². The Bertz CT molecular complexity index is 1150. The van der Waals surface area contributed by atoms with Crippen molar-refractivity contribution in [1.29, 1.82) is 5.26 Å². The van der Waals surface area contributed by atoms with E-state index >= 15 is 0 Å². The molecule has 1 aliphatic rings. The van der Waals surface area contributed by atoms with Gasteiger partial charge in [0.2, 0.25) is 11.8 Å². The first kappa shape index (κ1) is 21.1. The number of nitriles is 1. The van der Waals surface area contributed by atoms with Gasteiger partial charge in [-0.3, -0.25) is 13.9 Å². The summed E-state index contributed by atoms with van der Waals surface area (Å²) in [4.78, 5) is 33.8. The zero-order valence-corrected chi connectivity index (χ0v) is 15.9. The minimum absolute atomic E-state index is 0.00494. The molecule has 1 atom stereocenters. The monoisotopic (exact) mass is 423 g/mol. The summed E-state index contributed by atoms with van der Waals surface area (Å²) in [6.07, 6.45) is -6.48. The van der Waals surface area contributed by atoms with Crippen molar-refractivity contribution in [2.75, 3.05) is 24.5 Å². The summed E-state index contributed by atoms with van der Waals surface area (Å²) < 4.78 is 45.1. The van der Waals surface area contributed by atoms with Gasteiger partial charge in [0.15, 0.2) is 17.4 Å². The van der Waals surface area contributed by atoms with Gasteiger partial charge in [0, 0.05) is 20.1 Å². The number of rotatable bonds is 3. The highest BCUT2D eigenvalue weighted by atomic mass is 19.4. The van der Waals surface area contributed by atoms with E-state index in [1.165, 1.54) is 16.5 Å². The minimum atomic E-state index is -5.16. The molecule has 3 rings (SSSR count). The number of aromatic nitrogens is 4. The van der Waals surface area contributed by atoms with Gasteiger partial charge < -0.3 is 15.0 Å². The van der Waals surface area contributed by atoms with Crippen molar-refractivity contribution in [3.05, 3.63) is 16.2 Å². The smallest absolute Gasteiger partial charge is 0.433 e. The van der Waals surface area contributed by atoms with Crippen LogP contribution in [0.5, 0.6) is 0 Å². The summed E-state index contributed by atoms with van der Waals surface area (Å²) in [6, 6.07) is 1.79. The number of piperazine rings is 1. The van der Waals surface area contributed by atoms with Crippen molar-refractivity contribution >= 4 is 23.1 Å². The van der Waals surface area contributed by atoms with Crippen LogP contribution in [-0.4, -0.2) is 57.1 Å². The lowest BCUT2D eigenvalue weighted by molar-refractivity contribution is -0.205. The second kappa shape index (κ2) is 8.04. The molecule has 2 aromatic heterocycles. The van der Waals surface area contributed by atoms with Gasteiger partial charge in [-0.2, -0.15) is 28.4 Å². The molecule has 0 radical (unpaired) electrons.